The van der Waals surface area contributed by atoms with E-state index < -0.39 is 27.1 Å². The third-order valence-corrected chi connectivity index (χ3v) is 5.97. The number of hydrogen-bond acceptors (Lipinski definition) is 5. The second kappa shape index (κ2) is 4.61. The number of carboxylic acid groups (broad SMARTS) is 1. The fourth-order valence-electron chi connectivity index (χ4n) is 1.60. The summed E-state index contributed by atoms with van der Waals surface area (Å²) in [7, 11) is -3.32. The summed E-state index contributed by atoms with van der Waals surface area (Å²) in [6, 6.07) is 2.80. The molecular formula is C11H13NO5S2. The van der Waals surface area contributed by atoms with Crippen LogP contribution < -0.4 is 5.32 Å². The number of carbonyl (C=O) groups excluding carboxylic acids is 1. The molecule has 0 radical (unpaired) electrons. The molecule has 1 aromatic rings. The van der Waals surface area contributed by atoms with Crippen molar-refractivity contribution in [1.29, 1.82) is 0 Å². The van der Waals surface area contributed by atoms with Crippen LogP contribution in [0.4, 0.5) is 0 Å². The lowest BCUT2D eigenvalue weighted by atomic mass is 10.1. The van der Waals surface area contributed by atoms with Gasteiger partial charge < -0.3 is 10.4 Å². The average molecular weight is 303 g/mol. The highest BCUT2D eigenvalue weighted by atomic mass is 32.2. The number of carboxylic acids is 1. The van der Waals surface area contributed by atoms with Crippen molar-refractivity contribution in [2.45, 2.75) is 17.1 Å². The Morgan fingerprint density at radius 1 is 1.42 bits per heavy atom. The summed E-state index contributed by atoms with van der Waals surface area (Å²) in [6.45, 7) is 0.0767. The Hall–Kier alpha value is -1.41. The number of rotatable bonds is 5. The zero-order valence-corrected chi connectivity index (χ0v) is 11.8. The van der Waals surface area contributed by atoms with Gasteiger partial charge in [-0.1, -0.05) is 0 Å². The second-order valence-electron chi connectivity index (χ2n) is 4.66. The SMILES string of the molecule is CS(=O)(=O)c1ccc(C(=O)NCC2(C(=O)O)CC2)s1. The van der Waals surface area contributed by atoms with Gasteiger partial charge in [0, 0.05) is 12.8 Å². The van der Waals surface area contributed by atoms with E-state index in [2.05, 4.69) is 5.32 Å². The minimum Gasteiger partial charge on any atom is -0.481 e. The lowest BCUT2D eigenvalue weighted by molar-refractivity contribution is -0.143. The summed E-state index contributed by atoms with van der Waals surface area (Å²) in [4.78, 5) is 23.0. The smallest absolute Gasteiger partial charge is 0.311 e. The molecule has 0 atom stereocenters. The molecule has 1 aliphatic rings. The van der Waals surface area contributed by atoms with E-state index in [9.17, 15) is 18.0 Å². The van der Waals surface area contributed by atoms with E-state index >= 15 is 0 Å². The molecular weight excluding hydrogens is 290 g/mol. The molecule has 0 saturated heterocycles. The molecule has 1 saturated carbocycles. The van der Waals surface area contributed by atoms with Crippen LogP contribution in [-0.2, 0) is 14.6 Å². The van der Waals surface area contributed by atoms with Gasteiger partial charge in [-0.25, -0.2) is 8.42 Å². The maximum absolute atomic E-state index is 11.8. The van der Waals surface area contributed by atoms with Crippen molar-refractivity contribution in [3.63, 3.8) is 0 Å². The van der Waals surface area contributed by atoms with Gasteiger partial charge in [0.15, 0.2) is 9.84 Å². The molecule has 6 nitrogen and oxygen atoms in total. The fraction of sp³-hybridized carbons (Fsp3) is 0.455. The molecule has 0 aromatic carbocycles. The Balaban J connectivity index is 2.01. The Morgan fingerprint density at radius 3 is 2.47 bits per heavy atom. The quantitative estimate of drug-likeness (QED) is 0.836. The molecule has 104 valence electrons. The van der Waals surface area contributed by atoms with Crippen LogP contribution in [-0.4, -0.2) is 38.2 Å². The number of carbonyl (C=O) groups is 2. The molecule has 0 aliphatic heterocycles. The van der Waals surface area contributed by atoms with Gasteiger partial charge in [-0.3, -0.25) is 9.59 Å². The molecule has 19 heavy (non-hydrogen) atoms. The predicted molar refractivity (Wildman–Crippen MR) is 69.1 cm³/mol. The minimum absolute atomic E-state index is 0.0767. The van der Waals surface area contributed by atoms with Crippen molar-refractivity contribution in [2.24, 2.45) is 5.41 Å². The fourth-order valence-corrected chi connectivity index (χ4v) is 3.44. The number of aliphatic carboxylic acids is 1. The maximum Gasteiger partial charge on any atom is 0.311 e. The molecule has 2 rings (SSSR count). The zero-order valence-electron chi connectivity index (χ0n) is 10.2. The first-order chi connectivity index (χ1) is 8.74. The molecule has 2 N–H and O–H groups in total. The van der Waals surface area contributed by atoms with Crippen molar-refractivity contribution in [1.82, 2.24) is 5.32 Å². The summed E-state index contributed by atoms with van der Waals surface area (Å²) in [5.41, 5.74) is -0.827. The molecule has 0 unspecified atom stereocenters. The molecule has 1 amide bonds. The van der Waals surface area contributed by atoms with E-state index in [0.717, 1.165) is 17.6 Å². The lowest BCUT2D eigenvalue weighted by Gasteiger charge is -2.10. The average Bonchev–Trinajstić information content (AvgIpc) is 2.92. The molecule has 0 bridgehead atoms. The minimum atomic E-state index is -3.32. The molecule has 8 heteroatoms. The molecule has 0 spiro atoms. The van der Waals surface area contributed by atoms with Gasteiger partial charge in [-0.05, 0) is 25.0 Å². The second-order valence-corrected chi connectivity index (χ2v) is 7.99. The van der Waals surface area contributed by atoms with E-state index in [4.69, 9.17) is 5.11 Å². The van der Waals surface area contributed by atoms with E-state index in [1.54, 1.807) is 0 Å². The summed E-state index contributed by atoms with van der Waals surface area (Å²) in [5.74, 6) is -1.34. The highest BCUT2D eigenvalue weighted by Gasteiger charge is 2.50. The largest absolute Gasteiger partial charge is 0.481 e. The van der Waals surface area contributed by atoms with Gasteiger partial charge in [0.2, 0.25) is 0 Å². The van der Waals surface area contributed by atoms with Crippen molar-refractivity contribution < 1.29 is 23.1 Å². The topological polar surface area (TPSA) is 101 Å². The van der Waals surface area contributed by atoms with Crippen LogP contribution in [0, 0.1) is 5.41 Å². The number of amides is 1. The number of nitrogens with one attached hydrogen (secondary N) is 1. The highest BCUT2D eigenvalue weighted by Crippen LogP contribution is 2.45. The maximum atomic E-state index is 11.8. The summed E-state index contributed by atoms with van der Waals surface area (Å²) in [6.07, 6.45) is 2.19. The number of sulfone groups is 1. The first kappa shape index (κ1) is 14.0. The molecule has 1 fully saturated rings. The monoisotopic (exact) mass is 303 g/mol. The molecule has 1 aromatic heterocycles. The Kier molecular flexibility index (Phi) is 3.40. The Morgan fingerprint density at radius 2 is 2.05 bits per heavy atom. The standard InChI is InChI=1S/C11H13NO5S2/c1-19(16,17)8-3-2-7(18-8)9(13)12-6-11(4-5-11)10(14)15/h2-3H,4-6H2,1H3,(H,12,13)(H,14,15). The molecule has 1 aliphatic carbocycles. The highest BCUT2D eigenvalue weighted by molar-refractivity contribution is 7.92. The van der Waals surface area contributed by atoms with Gasteiger partial charge in [0.05, 0.1) is 10.3 Å². The van der Waals surface area contributed by atoms with Gasteiger partial charge >= 0.3 is 5.97 Å². The van der Waals surface area contributed by atoms with Gasteiger partial charge in [0.1, 0.15) is 4.21 Å². The summed E-state index contributed by atoms with van der Waals surface area (Å²) >= 11 is 0.880. The Bertz CT molecular complexity index is 627. The number of hydrogen-bond donors (Lipinski definition) is 2. The summed E-state index contributed by atoms with van der Waals surface area (Å²) < 4.78 is 22.7. The summed E-state index contributed by atoms with van der Waals surface area (Å²) in [5, 5.41) is 11.5. The first-order valence-corrected chi connectivity index (χ1v) is 8.27. The van der Waals surface area contributed by atoms with Crippen LogP contribution in [0.15, 0.2) is 16.3 Å². The van der Waals surface area contributed by atoms with Crippen LogP contribution >= 0.6 is 11.3 Å². The molecule has 1 heterocycles. The predicted octanol–water partition coefficient (Wildman–Crippen LogP) is 0.746. The number of thiophene rings is 1. The van der Waals surface area contributed by atoms with Crippen LogP contribution in [0.3, 0.4) is 0 Å². The third-order valence-electron chi connectivity index (χ3n) is 3.07. The van der Waals surface area contributed by atoms with Crippen molar-refractivity contribution in [2.75, 3.05) is 12.8 Å². The first-order valence-electron chi connectivity index (χ1n) is 5.56. The van der Waals surface area contributed by atoms with Crippen molar-refractivity contribution >= 4 is 33.1 Å². The van der Waals surface area contributed by atoms with Crippen molar-refractivity contribution in [3.8, 4) is 0 Å². The van der Waals surface area contributed by atoms with Crippen LogP contribution in [0.1, 0.15) is 22.5 Å². The van der Waals surface area contributed by atoms with Gasteiger partial charge in [-0.2, -0.15) is 0 Å². The normalized spacial score (nSPS) is 16.9. The van der Waals surface area contributed by atoms with Gasteiger partial charge in [-0.15, -0.1) is 11.3 Å². The van der Waals surface area contributed by atoms with Crippen molar-refractivity contribution in [3.05, 3.63) is 17.0 Å². The van der Waals surface area contributed by atoms with E-state index in [-0.39, 0.29) is 15.6 Å². The Labute approximate surface area is 114 Å². The van der Waals surface area contributed by atoms with Gasteiger partial charge in [0.25, 0.3) is 5.91 Å². The van der Waals surface area contributed by atoms with E-state index in [0.29, 0.717) is 12.8 Å². The van der Waals surface area contributed by atoms with E-state index in [1.807, 2.05) is 0 Å². The van der Waals surface area contributed by atoms with Crippen LogP contribution in [0.2, 0.25) is 0 Å². The lowest BCUT2D eigenvalue weighted by Crippen LogP contribution is -2.33. The van der Waals surface area contributed by atoms with Crippen LogP contribution in [0.5, 0.6) is 0 Å². The van der Waals surface area contributed by atoms with Crippen LogP contribution in [0.25, 0.3) is 0 Å². The zero-order chi connectivity index (χ0) is 14.3. The van der Waals surface area contributed by atoms with E-state index in [1.165, 1.54) is 12.1 Å². The third kappa shape index (κ3) is 2.95.